The second-order valence-electron chi connectivity index (χ2n) is 6.06. The predicted octanol–water partition coefficient (Wildman–Crippen LogP) is 3.57. The predicted molar refractivity (Wildman–Crippen MR) is 97.8 cm³/mol. The van der Waals surface area contributed by atoms with Crippen molar-refractivity contribution in [3.05, 3.63) is 61.0 Å². The molecule has 0 heterocycles. The van der Waals surface area contributed by atoms with Gasteiger partial charge in [-0.3, -0.25) is 0 Å². The molecule has 0 saturated heterocycles. The van der Waals surface area contributed by atoms with Crippen molar-refractivity contribution >= 4 is 6.03 Å². The SMILES string of the molecule is C=CCC(CC(C)N(C)O)N(CC=C)C(=O)NCc1ccc(F)cc1. The summed E-state index contributed by atoms with van der Waals surface area (Å²) in [6, 6.07) is 5.54. The quantitative estimate of drug-likeness (QED) is 0.501. The van der Waals surface area contributed by atoms with Gasteiger partial charge in [0, 0.05) is 32.2 Å². The Morgan fingerprint density at radius 2 is 1.96 bits per heavy atom. The first-order valence-electron chi connectivity index (χ1n) is 8.31. The van der Waals surface area contributed by atoms with Crippen LogP contribution in [0.1, 0.15) is 25.3 Å². The highest BCUT2D eigenvalue weighted by molar-refractivity contribution is 5.74. The molecule has 0 saturated carbocycles. The summed E-state index contributed by atoms with van der Waals surface area (Å²) in [5.41, 5.74) is 0.817. The standard InChI is InChI=1S/C19H28FN3O2/c1-5-7-18(13-15(3)22(4)25)23(12-6-2)19(24)21-14-16-8-10-17(20)11-9-16/h5-6,8-11,15,18,25H,1-2,7,12-14H2,3-4H3,(H,21,24). The molecule has 6 heteroatoms. The molecular formula is C19H28FN3O2. The molecule has 138 valence electrons. The molecule has 2 atom stereocenters. The van der Waals surface area contributed by atoms with Crippen molar-refractivity contribution < 1.29 is 14.4 Å². The Bertz CT molecular complexity index is 560. The van der Waals surface area contributed by atoms with Gasteiger partial charge in [-0.1, -0.05) is 24.3 Å². The molecule has 0 spiro atoms. The van der Waals surface area contributed by atoms with E-state index in [0.29, 0.717) is 25.9 Å². The van der Waals surface area contributed by atoms with E-state index in [1.54, 1.807) is 36.2 Å². The number of hydroxylamine groups is 2. The van der Waals surface area contributed by atoms with Gasteiger partial charge in [0.2, 0.25) is 0 Å². The van der Waals surface area contributed by atoms with E-state index in [1.807, 2.05) is 6.92 Å². The van der Waals surface area contributed by atoms with Gasteiger partial charge < -0.3 is 15.4 Å². The number of nitrogens with one attached hydrogen (secondary N) is 1. The molecule has 25 heavy (non-hydrogen) atoms. The number of benzene rings is 1. The maximum absolute atomic E-state index is 13.0. The molecular weight excluding hydrogens is 321 g/mol. The van der Waals surface area contributed by atoms with Gasteiger partial charge in [-0.05, 0) is 37.5 Å². The fraction of sp³-hybridized carbons (Fsp3) is 0.421. The van der Waals surface area contributed by atoms with Crippen LogP contribution in [-0.2, 0) is 6.54 Å². The zero-order chi connectivity index (χ0) is 18.8. The second kappa shape index (κ2) is 10.6. The molecule has 5 nitrogen and oxygen atoms in total. The number of rotatable bonds is 10. The lowest BCUT2D eigenvalue weighted by atomic mass is 10.0. The average molecular weight is 349 g/mol. The molecule has 1 rings (SSSR count). The molecule has 1 aromatic carbocycles. The Hall–Kier alpha value is -2.18. The summed E-state index contributed by atoms with van der Waals surface area (Å²) in [4.78, 5) is 14.3. The van der Waals surface area contributed by atoms with Gasteiger partial charge in [0.1, 0.15) is 5.82 Å². The number of hydrogen-bond donors (Lipinski definition) is 2. The van der Waals surface area contributed by atoms with Crippen molar-refractivity contribution in [1.29, 1.82) is 0 Å². The maximum atomic E-state index is 13.0. The highest BCUT2D eigenvalue weighted by atomic mass is 19.1. The van der Waals surface area contributed by atoms with Crippen LogP contribution in [0.4, 0.5) is 9.18 Å². The lowest BCUT2D eigenvalue weighted by Gasteiger charge is -2.33. The summed E-state index contributed by atoms with van der Waals surface area (Å²) in [5.74, 6) is -0.309. The molecule has 2 amide bonds. The Morgan fingerprint density at radius 3 is 2.48 bits per heavy atom. The first-order chi connectivity index (χ1) is 11.9. The minimum absolute atomic E-state index is 0.109. The van der Waals surface area contributed by atoms with Crippen molar-refractivity contribution in [2.45, 2.75) is 38.4 Å². The molecule has 1 aromatic rings. The van der Waals surface area contributed by atoms with Crippen LogP contribution in [0.2, 0.25) is 0 Å². The fourth-order valence-corrected chi connectivity index (χ4v) is 2.51. The van der Waals surface area contributed by atoms with Crippen molar-refractivity contribution in [2.75, 3.05) is 13.6 Å². The highest BCUT2D eigenvalue weighted by Crippen LogP contribution is 2.15. The Balaban J connectivity index is 2.78. The van der Waals surface area contributed by atoms with Gasteiger partial charge in [0.05, 0.1) is 0 Å². The number of nitrogens with zero attached hydrogens (tertiary/aromatic N) is 2. The van der Waals surface area contributed by atoms with Crippen LogP contribution in [-0.4, -0.2) is 46.9 Å². The molecule has 0 fully saturated rings. The summed E-state index contributed by atoms with van der Waals surface area (Å²) in [5, 5.41) is 13.6. The molecule has 0 bridgehead atoms. The summed E-state index contributed by atoms with van der Waals surface area (Å²) in [6.07, 6.45) is 4.63. The Labute approximate surface area is 149 Å². The molecule has 2 N–H and O–H groups in total. The summed E-state index contributed by atoms with van der Waals surface area (Å²) >= 11 is 0. The number of halogens is 1. The molecule has 2 unspecified atom stereocenters. The maximum Gasteiger partial charge on any atom is 0.318 e. The Morgan fingerprint density at radius 1 is 1.32 bits per heavy atom. The number of hydrogen-bond acceptors (Lipinski definition) is 3. The summed E-state index contributed by atoms with van der Waals surface area (Å²) < 4.78 is 13.0. The van der Waals surface area contributed by atoms with Crippen LogP contribution in [0.25, 0.3) is 0 Å². The zero-order valence-corrected chi connectivity index (χ0v) is 15.0. The smallest absolute Gasteiger partial charge is 0.318 e. The average Bonchev–Trinajstić information content (AvgIpc) is 2.58. The number of amides is 2. The fourth-order valence-electron chi connectivity index (χ4n) is 2.51. The molecule has 0 radical (unpaired) electrons. The lowest BCUT2D eigenvalue weighted by Crippen LogP contribution is -2.48. The van der Waals surface area contributed by atoms with Crippen molar-refractivity contribution in [1.82, 2.24) is 15.3 Å². The molecule has 0 aliphatic rings. The molecule has 0 aromatic heterocycles. The van der Waals surface area contributed by atoms with E-state index in [0.717, 1.165) is 10.6 Å². The minimum atomic E-state index is -0.309. The van der Waals surface area contributed by atoms with E-state index < -0.39 is 0 Å². The summed E-state index contributed by atoms with van der Waals surface area (Å²) in [7, 11) is 1.59. The number of urea groups is 1. The third-order valence-electron chi connectivity index (χ3n) is 4.07. The van der Waals surface area contributed by atoms with Crippen LogP contribution < -0.4 is 5.32 Å². The van der Waals surface area contributed by atoms with Crippen LogP contribution in [0.3, 0.4) is 0 Å². The minimum Gasteiger partial charge on any atom is -0.334 e. The van der Waals surface area contributed by atoms with Gasteiger partial charge in [-0.15, -0.1) is 13.2 Å². The van der Waals surface area contributed by atoms with Crippen LogP contribution in [0.5, 0.6) is 0 Å². The molecule has 0 aliphatic carbocycles. The van der Waals surface area contributed by atoms with Crippen molar-refractivity contribution in [3.8, 4) is 0 Å². The van der Waals surface area contributed by atoms with E-state index in [-0.39, 0.29) is 23.9 Å². The van der Waals surface area contributed by atoms with Gasteiger partial charge in [-0.2, -0.15) is 5.06 Å². The topological polar surface area (TPSA) is 55.8 Å². The van der Waals surface area contributed by atoms with E-state index >= 15 is 0 Å². The summed E-state index contributed by atoms with van der Waals surface area (Å²) in [6.45, 7) is 10.1. The van der Waals surface area contributed by atoms with Gasteiger partial charge >= 0.3 is 6.03 Å². The van der Waals surface area contributed by atoms with E-state index in [2.05, 4.69) is 18.5 Å². The number of carbonyl (C=O) groups is 1. The Kier molecular flexibility index (Phi) is 8.88. The first-order valence-corrected chi connectivity index (χ1v) is 8.31. The van der Waals surface area contributed by atoms with Crippen LogP contribution >= 0.6 is 0 Å². The van der Waals surface area contributed by atoms with Gasteiger partial charge in [-0.25, -0.2) is 9.18 Å². The van der Waals surface area contributed by atoms with E-state index in [1.165, 1.54) is 12.1 Å². The molecule has 0 aliphatic heterocycles. The second-order valence-corrected chi connectivity index (χ2v) is 6.06. The highest BCUT2D eigenvalue weighted by Gasteiger charge is 2.24. The van der Waals surface area contributed by atoms with E-state index in [4.69, 9.17) is 0 Å². The van der Waals surface area contributed by atoms with Crippen LogP contribution in [0.15, 0.2) is 49.6 Å². The van der Waals surface area contributed by atoms with E-state index in [9.17, 15) is 14.4 Å². The van der Waals surface area contributed by atoms with Crippen molar-refractivity contribution in [2.24, 2.45) is 0 Å². The van der Waals surface area contributed by atoms with Gasteiger partial charge in [0.25, 0.3) is 0 Å². The van der Waals surface area contributed by atoms with Crippen LogP contribution in [0, 0.1) is 5.82 Å². The van der Waals surface area contributed by atoms with Crippen molar-refractivity contribution in [3.63, 3.8) is 0 Å². The number of carbonyl (C=O) groups excluding carboxylic acids is 1. The monoisotopic (exact) mass is 349 g/mol. The largest absolute Gasteiger partial charge is 0.334 e. The zero-order valence-electron chi connectivity index (χ0n) is 15.0. The third-order valence-corrected chi connectivity index (χ3v) is 4.07. The first kappa shape index (κ1) is 20.9. The third kappa shape index (κ3) is 7.07. The normalized spacial score (nSPS) is 13.2. The lowest BCUT2D eigenvalue weighted by molar-refractivity contribution is -0.103. The van der Waals surface area contributed by atoms with Gasteiger partial charge in [0.15, 0.2) is 0 Å².